The van der Waals surface area contributed by atoms with Crippen molar-refractivity contribution in [2.24, 2.45) is 5.92 Å². The molecule has 0 spiro atoms. The van der Waals surface area contributed by atoms with Gasteiger partial charge < -0.3 is 9.88 Å². The minimum atomic E-state index is -0.983. The van der Waals surface area contributed by atoms with Crippen molar-refractivity contribution in [2.75, 3.05) is 5.32 Å². The van der Waals surface area contributed by atoms with Crippen LogP contribution in [0.1, 0.15) is 60.0 Å². The van der Waals surface area contributed by atoms with Gasteiger partial charge in [0.1, 0.15) is 11.6 Å². The summed E-state index contributed by atoms with van der Waals surface area (Å²) in [7, 11) is 0. The molecule has 4 rings (SSSR count). The second-order valence-electron chi connectivity index (χ2n) is 9.86. The summed E-state index contributed by atoms with van der Waals surface area (Å²) in [6, 6.07) is 11.1. The summed E-state index contributed by atoms with van der Waals surface area (Å²) in [5.41, 5.74) is 1.52. The Morgan fingerprint density at radius 3 is 2.32 bits per heavy atom. The zero-order valence-corrected chi connectivity index (χ0v) is 23.3. The summed E-state index contributed by atoms with van der Waals surface area (Å²) in [6.07, 6.45) is 1.78. The van der Waals surface area contributed by atoms with E-state index in [2.05, 4.69) is 21.2 Å². The van der Waals surface area contributed by atoms with E-state index in [1.54, 1.807) is 18.4 Å². The van der Waals surface area contributed by atoms with Gasteiger partial charge in [0.15, 0.2) is 11.2 Å². The summed E-state index contributed by atoms with van der Waals surface area (Å²) in [5, 5.41) is 3.29. The van der Waals surface area contributed by atoms with Gasteiger partial charge in [0.2, 0.25) is 5.91 Å². The molecule has 0 saturated heterocycles. The Bertz CT molecular complexity index is 1410. The number of anilines is 1. The van der Waals surface area contributed by atoms with Crippen LogP contribution in [-0.4, -0.2) is 20.6 Å². The Morgan fingerprint density at radius 1 is 1.14 bits per heavy atom. The topological polar surface area (TPSA) is 68.2 Å². The summed E-state index contributed by atoms with van der Waals surface area (Å²) in [5.74, 6) is -2.02. The van der Waals surface area contributed by atoms with Crippen LogP contribution in [0.15, 0.2) is 58.5 Å². The number of pyridine rings is 1. The normalized spacial score (nSPS) is 15.1. The summed E-state index contributed by atoms with van der Waals surface area (Å²) in [6.45, 7) is 6.77. The van der Waals surface area contributed by atoms with Crippen LogP contribution in [0.5, 0.6) is 0 Å². The molecule has 3 aromatic rings. The number of carbonyl (C=O) groups is 2. The molecule has 1 unspecified atom stereocenters. The molecular weight excluding hydrogens is 562 g/mol. The van der Waals surface area contributed by atoms with Gasteiger partial charge in [0, 0.05) is 34.2 Å². The third-order valence-electron chi connectivity index (χ3n) is 6.22. The van der Waals surface area contributed by atoms with Gasteiger partial charge in [0.25, 0.3) is 0 Å². The van der Waals surface area contributed by atoms with Gasteiger partial charge in [-0.15, -0.1) is 0 Å². The molecule has 0 aliphatic carbocycles. The lowest BCUT2D eigenvalue weighted by atomic mass is 9.98. The molecular formula is C28H27BrF2N2O3S. The number of hydrogen-bond acceptors (Lipinski definition) is 4. The molecule has 2 aromatic carbocycles. The highest BCUT2D eigenvalue weighted by Gasteiger charge is 2.34. The van der Waals surface area contributed by atoms with Crippen LogP contribution in [0, 0.1) is 17.6 Å². The van der Waals surface area contributed by atoms with Crippen molar-refractivity contribution < 1.29 is 18.4 Å². The van der Waals surface area contributed by atoms with Crippen molar-refractivity contribution in [1.82, 2.24) is 4.57 Å². The maximum absolute atomic E-state index is 14.5. The lowest BCUT2D eigenvalue weighted by Gasteiger charge is -2.18. The van der Waals surface area contributed by atoms with Gasteiger partial charge in [-0.25, -0.2) is 8.78 Å². The van der Waals surface area contributed by atoms with E-state index >= 15 is 0 Å². The van der Waals surface area contributed by atoms with Gasteiger partial charge >= 0.3 is 0 Å². The molecule has 1 aliphatic heterocycles. The molecule has 0 bridgehead atoms. The van der Waals surface area contributed by atoms with Crippen LogP contribution < -0.4 is 10.7 Å². The zero-order chi connectivity index (χ0) is 27.1. The predicted molar refractivity (Wildman–Crippen MR) is 146 cm³/mol. The molecule has 1 amide bonds. The number of amides is 1. The Labute approximate surface area is 226 Å². The van der Waals surface area contributed by atoms with E-state index in [1.165, 1.54) is 36.2 Å². The second-order valence-corrected chi connectivity index (χ2v) is 13.0. The molecule has 0 fully saturated rings. The van der Waals surface area contributed by atoms with E-state index in [0.717, 1.165) is 5.56 Å². The molecule has 2 heterocycles. The minimum absolute atomic E-state index is 0.0228. The summed E-state index contributed by atoms with van der Waals surface area (Å²) < 4.78 is 29.6. The molecule has 1 aliphatic rings. The average Bonchev–Trinajstić information content (AvgIpc) is 3.28. The fourth-order valence-corrected chi connectivity index (χ4v) is 5.69. The number of halogens is 3. The highest BCUT2D eigenvalue weighted by molar-refractivity contribution is 9.10. The number of nitrogens with zero attached hydrogens (tertiary/aromatic N) is 1. The lowest BCUT2D eigenvalue weighted by Crippen LogP contribution is -2.32. The van der Waals surface area contributed by atoms with Crippen molar-refractivity contribution in [1.29, 1.82) is 0 Å². The molecule has 1 atom stereocenters. The maximum Gasteiger partial charge on any atom is 0.226 e. The fourth-order valence-electron chi connectivity index (χ4n) is 4.09. The minimum Gasteiger partial charge on any atom is -0.337 e. The Hall–Kier alpha value is -2.78. The van der Waals surface area contributed by atoms with Gasteiger partial charge in [-0.3, -0.25) is 14.4 Å². The predicted octanol–water partition coefficient (Wildman–Crippen LogP) is 6.52. The molecule has 0 saturated carbocycles. The highest BCUT2D eigenvalue weighted by Crippen LogP contribution is 2.46. The number of fused-ring (bicyclic) bond motifs is 1. The molecule has 37 heavy (non-hydrogen) atoms. The number of ketones is 1. The second kappa shape index (κ2) is 10.5. The third kappa shape index (κ3) is 5.72. The molecule has 9 heteroatoms. The van der Waals surface area contributed by atoms with Crippen LogP contribution in [0.25, 0.3) is 0 Å². The smallest absolute Gasteiger partial charge is 0.226 e. The van der Waals surface area contributed by atoms with E-state index in [9.17, 15) is 23.2 Å². The molecule has 194 valence electrons. The van der Waals surface area contributed by atoms with Crippen molar-refractivity contribution in [3.05, 3.63) is 92.8 Å². The van der Waals surface area contributed by atoms with Crippen LogP contribution in [0.3, 0.4) is 0 Å². The van der Waals surface area contributed by atoms with Gasteiger partial charge in [-0.2, -0.15) is 0 Å². The Morgan fingerprint density at radius 2 is 1.76 bits per heavy atom. The van der Waals surface area contributed by atoms with Crippen LogP contribution >= 0.6 is 27.7 Å². The van der Waals surface area contributed by atoms with Crippen LogP contribution in [0.4, 0.5) is 14.5 Å². The lowest BCUT2D eigenvalue weighted by molar-refractivity contribution is -0.118. The van der Waals surface area contributed by atoms with E-state index in [1.807, 2.05) is 38.1 Å². The Kier molecular flexibility index (Phi) is 7.76. The van der Waals surface area contributed by atoms with E-state index < -0.39 is 21.7 Å². The fraction of sp³-hybridized carbons (Fsp3) is 0.321. The first-order valence-electron chi connectivity index (χ1n) is 11.9. The van der Waals surface area contributed by atoms with Crippen molar-refractivity contribution in [3.63, 3.8) is 0 Å². The number of Topliss-reactive ketones (excluding diaryl/α,β-unsaturated/α-hetero) is 1. The van der Waals surface area contributed by atoms with Crippen molar-refractivity contribution in [2.45, 2.75) is 55.3 Å². The first-order chi connectivity index (χ1) is 17.4. The summed E-state index contributed by atoms with van der Waals surface area (Å²) in [4.78, 5) is 38.5. The van der Waals surface area contributed by atoms with Gasteiger partial charge in [-0.05, 0) is 50.1 Å². The SMILES string of the molecule is CC(C)C(=O)Nc1ccc(C2Cc3c(n(Cc4c(F)cccc4F)cc(C(=O)C(C)(C)Br)c3=O)S2)cc1. The van der Waals surface area contributed by atoms with E-state index in [4.69, 9.17) is 0 Å². The first kappa shape index (κ1) is 27.3. The summed E-state index contributed by atoms with van der Waals surface area (Å²) >= 11 is 4.76. The van der Waals surface area contributed by atoms with Gasteiger partial charge in [0.05, 0.1) is 21.5 Å². The largest absolute Gasteiger partial charge is 0.337 e. The number of aromatic nitrogens is 1. The van der Waals surface area contributed by atoms with Crippen LogP contribution in [0.2, 0.25) is 0 Å². The third-order valence-corrected chi connectivity index (χ3v) is 8.00. The molecule has 0 radical (unpaired) electrons. The number of carbonyl (C=O) groups excluding carboxylic acids is 2. The van der Waals surface area contributed by atoms with Crippen molar-refractivity contribution >= 4 is 45.1 Å². The maximum atomic E-state index is 14.5. The molecule has 1 N–H and O–H groups in total. The molecule has 1 aromatic heterocycles. The quantitative estimate of drug-likeness (QED) is 0.252. The number of hydrogen-bond donors (Lipinski definition) is 1. The van der Waals surface area contributed by atoms with Gasteiger partial charge in [-0.1, -0.05) is 59.7 Å². The van der Waals surface area contributed by atoms with E-state index in [-0.39, 0.29) is 40.2 Å². The number of rotatable bonds is 7. The number of benzene rings is 2. The van der Waals surface area contributed by atoms with Crippen LogP contribution in [-0.2, 0) is 17.8 Å². The van der Waals surface area contributed by atoms with E-state index in [0.29, 0.717) is 22.7 Å². The standard InChI is InChI=1S/C28H27BrF2N2O3S/c1-15(2)26(36)32-17-10-8-16(9-11-17)23-12-18-24(34)20(25(35)28(3,4)29)14-33(27(18)37-23)13-19-21(30)6-5-7-22(19)31/h5-11,14-15,23H,12-13H2,1-4H3,(H,32,36). The first-order valence-corrected chi connectivity index (χ1v) is 13.5. The zero-order valence-electron chi connectivity index (χ0n) is 20.9. The molecule has 5 nitrogen and oxygen atoms in total. The van der Waals surface area contributed by atoms with Crippen molar-refractivity contribution in [3.8, 4) is 0 Å². The average molecular weight is 590 g/mol. The monoisotopic (exact) mass is 588 g/mol. The number of thioether (sulfide) groups is 1. The highest BCUT2D eigenvalue weighted by atomic mass is 79.9. The number of alkyl halides is 1. The Balaban J connectivity index is 1.73. The number of nitrogens with one attached hydrogen (secondary N) is 1.